The van der Waals surface area contributed by atoms with Crippen molar-refractivity contribution in [1.29, 1.82) is 0 Å². The van der Waals surface area contributed by atoms with Crippen LogP contribution in [0.3, 0.4) is 0 Å². The second kappa shape index (κ2) is 6.78. The number of hydrogen-bond acceptors (Lipinski definition) is 4. The molecule has 1 aromatic heterocycles. The molecule has 128 valence electrons. The maximum Gasteiger partial charge on any atom is 0.259 e. The van der Waals surface area contributed by atoms with Crippen molar-refractivity contribution >= 4 is 10.9 Å². The summed E-state index contributed by atoms with van der Waals surface area (Å²) in [7, 11) is 2.16. The summed E-state index contributed by atoms with van der Waals surface area (Å²) in [4.78, 5) is 24.9. The van der Waals surface area contributed by atoms with Crippen molar-refractivity contribution in [3.63, 3.8) is 0 Å². The van der Waals surface area contributed by atoms with Crippen LogP contribution in [0.25, 0.3) is 22.3 Å². The molecule has 5 heteroatoms. The number of aromatic amines is 1. The zero-order chi connectivity index (χ0) is 17.2. The van der Waals surface area contributed by atoms with E-state index in [1.165, 1.54) is 5.56 Å². The zero-order valence-corrected chi connectivity index (χ0v) is 14.4. The van der Waals surface area contributed by atoms with Crippen molar-refractivity contribution in [3.8, 4) is 11.4 Å². The summed E-state index contributed by atoms with van der Waals surface area (Å²) in [5.74, 6) is 0.647. The fourth-order valence-corrected chi connectivity index (χ4v) is 3.35. The fraction of sp³-hybridized carbons (Fsp3) is 0.300. The Morgan fingerprint density at radius 2 is 1.72 bits per heavy atom. The van der Waals surface area contributed by atoms with Crippen molar-refractivity contribution in [2.75, 3.05) is 33.2 Å². The third-order valence-corrected chi connectivity index (χ3v) is 4.88. The van der Waals surface area contributed by atoms with Gasteiger partial charge in [-0.15, -0.1) is 0 Å². The van der Waals surface area contributed by atoms with E-state index in [4.69, 9.17) is 0 Å². The highest BCUT2D eigenvalue weighted by Gasteiger charge is 2.16. The lowest BCUT2D eigenvalue weighted by atomic mass is 10.1. The lowest BCUT2D eigenvalue weighted by Crippen LogP contribution is -2.43. The number of nitrogens with one attached hydrogen (secondary N) is 1. The molecule has 25 heavy (non-hydrogen) atoms. The number of likely N-dealkylation sites (N-methyl/N-ethyl adjacent to an activating group) is 1. The van der Waals surface area contributed by atoms with Crippen LogP contribution in [-0.2, 0) is 6.54 Å². The summed E-state index contributed by atoms with van der Waals surface area (Å²) in [6.07, 6.45) is 0. The molecule has 5 nitrogen and oxygen atoms in total. The van der Waals surface area contributed by atoms with Gasteiger partial charge in [0.05, 0.1) is 10.9 Å². The largest absolute Gasteiger partial charge is 0.306 e. The van der Waals surface area contributed by atoms with Crippen LogP contribution in [-0.4, -0.2) is 53.0 Å². The molecule has 0 aliphatic carbocycles. The number of rotatable bonds is 3. The average molecular weight is 334 g/mol. The molecule has 1 N–H and O–H groups in total. The monoisotopic (exact) mass is 334 g/mol. The normalized spacial score (nSPS) is 16.4. The molecule has 1 fully saturated rings. The second-order valence-electron chi connectivity index (χ2n) is 6.67. The van der Waals surface area contributed by atoms with Gasteiger partial charge in [-0.1, -0.05) is 36.4 Å². The number of nitrogens with zero attached hydrogens (tertiary/aromatic N) is 3. The molecule has 0 radical (unpaired) electrons. The average Bonchev–Trinajstić information content (AvgIpc) is 2.64. The van der Waals surface area contributed by atoms with Gasteiger partial charge in [0.2, 0.25) is 0 Å². The van der Waals surface area contributed by atoms with Gasteiger partial charge in [0.15, 0.2) is 0 Å². The number of H-pyrrole nitrogens is 1. The Morgan fingerprint density at radius 1 is 1.00 bits per heavy atom. The number of benzene rings is 2. The Kier molecular flexibility index (Phi) is 4.34. The standard InChI is InChI=1S/C20H22N4O/c1-23-10-12-24(13-11-23)14-15-6-2-3-7-16(15)19-21-18-9-5-4-8-17(18)20(25)22-19/h2-9H,10-14H2,1H3,(H,21,22,25). The van der Waals surface area contributed by atoms with E-state index in [1.54, 1.807) is 6.07 Å². The van der Waals surface area contributed by atoms with Gasteiger partial charge in [-0.2, -0.15) is 0 Å². The summed E-state index contributed by atoms with van der Waals surface area (Å²) < 4.78 is 0. The van der Waals surface area contributed by atoms with E-state index >= 15 is 0 Å². The van der Waals surface area contributed by atoms with Crippen LogP contribution in [0, 0.1) is 0 Å². The Balaban J connectivity index is 1.70. The molecule has 0 bridgehead atoms. The van der Waals surface area contributed by atoms with Crippen LogP contribution in [0.15, 0.2) is 53.3 Å². The molecule has 2 heterocycles. The number of piperazine rings is 1. The number of aromatic nitrogens is 2. The summed E-state index contributed by atoms with van der Waals surface area (Å²) in [5, 5.41) is 0.628. The lowest BCUT2D eigenvalue weighted by Gasteiger charge is -2.32. The summed E-state index contributed by atoms with van der Waals surface area (Å²) >= 11 is 0. The van der Waals surface area contributed by atoms with Crippen LogP contribution in [0.2, 0.25) is 0 Å². The van der Waals surface area contributed by atoms with Crippen LogP contribution in [0.5, 0.6) is 0 Å². The molecule has 0 atom stereocenters. The number of para-hydroxylation sites is 1. The molecule has 1 aliphatic heterocycles. The first-order valence-electron chi connectivity index (χ1n) is 8.69. The summed E-state index contributed by atoms with van der Waals surface area (Å²) in [5.41, 5.74) is 2.85. The van der Waals surface area contributed by atoms with Gasteiger partial charge >= 0.3 is 0 Å². The second-order valence-corrected chi connectivity index (χ2v) is 6.67. The van der Waals surface area contributed by atoms with Crippen molar-refractivity contribution in [3.05, 3.63) is 64.4 Å². The van der Waals surface area contributed by atoms with Gasteiger partial charge in [-0.3, -0.25) is 9.69 Å². The van der Waals surface area contributed by atoms with Crippen LogP contribution >= 0.6 is 0 Å². The minimum absolute atomic E-state index is 0.0880. The minimum atomic E-state index is -0.0880. The predicted molar refractivity (Wildman–Crippen MR) is 101 cm³/mol. The first-order chi connectivity index (χ1) is 12.2. The molecule has 0 spiro atoms. The Labute approximate surface area is 146 Å². The number of fused-ring (bicyclic) bond motifs is 1. The smallest absolute Gasteiger partial charge is 0.259 e. The Bertz CT molecular complexity index is 942. The zero-order valence-electron chi connectivity index (χ0n) is 14.4. The van der Waals surface area contributed by atoms with Gasteiger partial charge in [0, 0.05) is 38.3 Å². The molecule has 0 amide bonds. The van der Waals surface area contributed by atoms with Gasteiger partial charge in [0.1, 0.15) is 5.82 Å². The van der Waals surface area contributed by atoms with E-state index in [1.807, 2.05) is 36.4 Å². The number of hydrogen-bond donors (Lipinski definition) is 1. The lowest BCUT2D eigenvalue weighted by molar-refractivity contribution is 0.148. The maximum absolute atomic E-state index is 12.4. The van der Waals surface area contributed by atoms with Crippen molar-refractivity contribution in [2.24, 2.45) is 0 Å². The molecule has 3 aromatic rings. The molecule has 1 saturated heterocycles. The van der Waals surface area contributed by atoms with Crippen LogP contribution in [0.1, 0.15) is 5.56 Å². The van der Waals surface area contributed by atoms with E-state index < -0.39 is 0 Å². The molecule has 0 saturated carbocycles. The van der Waals surface area contributed by atoms with E-state index in [0.29, 0.717) is 11.2 Å². The van der Waals surface area contributed by atoms with Gasteiger partial charge in [-0.25, -0.2) is 4.98 Å². The van der Waals surface area contributed by atoms with Crippen molar-refractivity contribution < 1.29 is 0 Å². The molecule has 4 rings (SSSR count). The highest BCUT2D eigenvalue weighted by Crippen LogP contribution is 2.22. The quantitative estimate of drug-likeness (QED) is 0.799. The molecular formula is C20H22N4O. The molecule has 1 aliphatic rings. The Hall–Kier alpha value is -2.50. The third kappa shape index (κ3) is 3.34. The van der Waals surface area contributed by atoms with Crippen molar-refractivity contribution in [2.45, 2.75) is 6.54 Å². The first-order valence-corrected chi connectivity index (χ1v) is 8.69. The van der Waals surface area contributed by atoms with E-state index in [-0.39, 0.29) is 5.56 Å². The summed E-state index contributed by atoms with van der Waals surface area (Å²) in [6.45, 7) is 5.18. The maximum atomic E-state index is 12.4. The van der Waals surface area contributed by atoms with Crippen LogP contribution in [0.4, 0.5) is 0 Å². The van der Waals surface area contributed by atoms with E-state index in [2.05, 4.69) is 32.9 Å². The van der Waals surface area contributed by atoms with Crippen LogP contribution < -0.4 is 5.56 Å². The van der Waals surface area contributed by atoms with Gasteiger partial charge < -0.3 is 9.88 Å². The van der Waals surface area contributed by atoms with E-state index in [0.717, 1.165) is 43.8 Å². The highest BCUT2D eigenvalue weighted by atomic mass is 16.1. The summed E-state index contributed by atoms with van der Waals surface area (Å²) in [6, 6.07) is 15.7. The first kappa shape index (κ1) is 16.0. The fourth-order valence-electron chi connectivity index (χ4n) is 3.35. The van der Waals surface area contributed by atoms with Gasteiger partial charge in [0.25, 0.3) is 5.56 Å². The highest BCUT2D eigenvalue weighted by molar-refractivity contribution is 5.79. The molecule has 2 aromatic carbocycles. The topological polar surface area (TPSA) is 52.2 Å². The van der Waals surface area contributed by atoms with Gasteiger partial charge in [-0.05, 0) is 24.7 Å². The third-order valence-electron chi connectivity index (χ3n) is 4.88. The molecular weight excluding hydrogens is 312 g/mol. The Morgan fingerprint density at radius 3 is 2.56 bits per heavy atom. The van der Waals surface area contributed by atoms with E-state index in [9.17, 15) is 4.79 Å². The minimum Gasteiger partial charge on any atom is -0.306 e. The van der Waals surface area contributed by atoms with Crippen molar-refractivity contribution in [1.82, 2.24) is 19.8 Å². The SMILES string of the molecule is CN1CCN(Cc2ccccc2-c2nc3ccccc3c(=O)[nH]2)CC1. The predicted octanol–water partition coefficient (Wildman–Crippen LogP) is 2.34. The molecule has 0 unspecified atom stereocenters.